The van der Waals surface area contributed by atoms with Crippen LogP contribution in [0.15, 0.2) is 18.2 Å². The van der Waals surface area contributed by atoms with Gasteiger partial charge >= 0.3 is 11.9 Å². The molecule has 7 heteroatoms. The molecule has 104 valence electrons. The van der Waals surface area contributed by atoms with Crippen LogP contribution in [-0.2, 0) is 9.53 Å². The molecule has 0 fully saturated rings. The van der Waals surface area contributed by atoms with E-state index in [0.717, 1.165) is 18.2 Å². The smallest absolute Gasteiger partial charge is 0.338 e. The molecule has 1 aromatic carbocycles. The van der Waals surface area contributed by atoms with Gasteiger partial charge < -0.3 is 25.2 Å². The van der Waals surface area contributed by atoms with Crippen molar-refractivity contribution in [1.29, 1.82) is 0 Å². The fraction of sp³-hybridized carbons (Fsp3) is 0.333. The number of carbonyl (C=O) groups excluding carboxylic acids is 1. The number of phenolic OH excluding ortho intramolecular Hbond substituents is 2. The Balaban J connectivity index is 2.78. The number of aromatic hydroxyl groups is 2. The zero-order valence-electron chi connectivity index (χ0n) is 10.2. The van der Waals surface area contributed by atoms with E-state index in [4.69, 9.17) is 14.9 Å². The fourth-order valence-corrected chi connectivity index (χ4v) is 1.20. The summed E-state index contributed by atoms with van der Waals surface area (Å²) >= 11 is 0. The number of rotatable bonds is 5. The van der Waals surface area contributed by atoms with E-state index < -0.39 is 30.6 Å². The summed E-state index contributed by atoms with van der Waals surface area (Å²) in [5.41, 5.74) is -1.72. The van der Waals surface area contributed by atoms with E-state index in [-0.39, 0.29) is 17.1 Å². The molecule has 1 rings (SSSR count). The van der Waals surface area contributed by atoms with Crippen LogP contribution in [0.4, 0.5) is 0 Å². The average molecular weight is 270 g/mol. The van der Waals surface area contributed by atoms with Gasteiger partial charge in [-0.3, -0.25) is 4.79 Å². The predicted octanol–water partition coefficient (Wildman–Crippen LogP) is 0.338. The van der Waals surface area contributed by atoms with Gasteiger partial charge in [0, 0.05) is 6.07 Å². The molecule has 1 unspecified atom stereocenters. The Morgan fingerprint density at radius 2 is 1.74 bits per heavy atom. The van der Waals surface area contributed by atoms with E-state index in [1.807, 2.05) is 0 Å². The van der Waals surface area contributed by atoms with Gasteiger partial charge in [0.1, 0.15) is 23.5 Å². The molecule has 0 aliphatic carbocycles. The highest BCUT2D eigenvalue weighted by Gasteiger charge is 2.34. The number of ether oxygens (including phenoxy) is 1. The zero-order valence-corrected chi connectivity index (χ0v) is 10.2. The van der Waals surface area contributed by atoms with Crippen LogP contribution < -0.4 is 0 Å². The first-order valence-corrected chi connectivity index (χ1v) is 5.33. The first kappa shape index (κ1) is 14.8. The molecule has 0 spiro atoms. The van der Waals surface area contributed by atoms with E-state index in [9.17, 15) is 19.8 Å². The summed E-state index contributed by atoms with van der Waals surface area (Å²) in [7, 11) is 0. The molecule has 0 amide bonds. The number of benzene rings is 1. The van der Waals surface area contributed by atoms with Crippen LogP contribution in [0, 0.1) is 5.41 Å². The molecule has 0 aliphatic heterocycles. The molecule has 0 radical (unpaired) electrons. The summed E-state index contributed by atoms with van der Waals surface area (Å²) in [5, 5.41) is 36.3. The third-order valence-electron chi connectivity index (χ3n) is 2.53. The SMILES string of the molecule is CC(CO)(COC(=O)c1cc(O)cc(O)c1)C(=O)O. The van der Waals surface area contributed by atoms with Crippen LogP contribution in [0.5, 0.6) is 11.5 Å². The second kappa shape index (κ2) is 5.57. The quantitative estimate of drug-likeness (QED) is 0.568. The number of hydrogen-bond donors (Lipinski definition) is 4. The summed E-state index contributed by atoms with van der Waals surface area (Å²) < 4.78 is 4.75. The molecular weight excluding hydrogens is 256 g/mol. The molecule has 0 aliphatic rings. The van der Waals surface area contributed by atoms with Gasteiger partial charge in [-0.15, -0.1) is 0 Å². The minimum absolute atomic E-state index is 0.122. The molecule has 19 heavy (non-hydrogen) atoms. The van der Waals surface area contributed by atoms with E-state index in [1.54, 1.807) is 0 Å². The minimum atomic E-state index is -1.60. The van der Waals surface area contributed by atoms with Crippen LogP contribution in [0.2, 0.25) is 0 Å². The number of aliphatic hydroxyl groups is 1. The summed E-state index contributed by atoms with van der Waals surface area (Å²) in [6, 6.07) is 3.17. The van der Waals surface area contributed by atoms with Crippen molar-refractivity contribution in [1.82, 2.24) is 0 Å². The maximum absolute atomic E-state index is 11.6. The number of esters is 1. The first-order chi connectivity index (χ1) is 8.78. The molecule has 7 nitrogen and oxygen atoms in total. The highest BCUT2D eigenvalue weighted by molar-refractivity contribution is 5.90. The second-order valence-electron chi connectivity index (χ2n) is 4.34. The van der Waals surface area contributed by atoms with E-state index in [2.05, 4.69) is 0 Å². The van der Waals surface area contributed by atoms with Gasteiger partial charge in [-0.05, 0) is 19.1 Å². The van der Waals surface area contributed by atoms with Gasteiger partial charge in [0.25, 0.3) is 0 Å². The van der Waals surface area contributed by atoms with Crippen molar-refractivity contribution in [2.45, 2.75) is 6.92 Å². The number of carboxylic acid groups (broad SMARTS) is 1. The van der Waals surface area contributed by atoms with Gasteiger partial charge in [0.2, 0.25) is 0 Å². The molecule has 0 saturated heterocycles. The largest absolute Gasteiger partial charge is 0.508 e. The maximum atomic E-state index is 11.6. The topological polar surface area (TPSA) is 124 Å². The Morgan fingerprint density at radius 1 is 1.21 bits per heavy atom. The number of aliphatic carboxylic acids is 1. The Hall–Kier alpha value is -2.28. The highest BCUT2D eigenvalue weighted by atomic mass is 16.5. The van der Waals surface area contributed by atoms with Crippen molar-refractivity contribution < 1.29 is 34.8 Å². The molecular formula is C12H14O7. The average Bonchev–Trinajstić information content (AvgIpc) is 2.34. The molecule has 4 N–H and O–H groups in total. The van der Waals surface area contributed by atoms with Crippen LogP contribution in [0.3, 0.4) is 0 Å². The Labute approximate surface area is 108 Å². The molecule has 0 saturated carbocycles. The lowest BCUT2D eigenvalue weighted by Crippen LogP contribution is -2.37. The molecule has 0 bridgehead atoms. The van der Waals surface area contributed by atoms with Crippen molar-refractivity contribution >= 4 is 11.9 Å². The molecule has 1 aromatic rings. The summed E-state index contributed by atoms with van der Waals surface area (Å²) in [6.45, 7) is -0.00244. The fourth-order valence-electron chi connectivity index (χ4n) is 1.20. The second-order valence-corrected chi connectivity index (χ2v) is 4.34. The number of phenols is 2. The molecule has 0 aromatic heterocycles. The van der Waals surface area contributed by atoms with Crippen molar-refractivity contribution in [3.05, 3.63) is 23.8 Å². The van der Waals surface area contributed by atoms with E-state index in [1.165, 1.54) is 6.92 Å². The minimum Gasteiger partial charge on any atom is -0.508 e. The van der Waals surface area contributed by atoms with Gasteiger partial charge in [-0.1, -0.05) is 0 Å². The normalized spacial score (nSPS) is 13.6. The van der Waals surface area contributed by atoms with Crippen LogP contribution >= 0.6 is 0 Å². The van der Waals surface area contributed by atoms with Crippen molar-refractivity contribution in [3.8, 4) is 11.5 Å². The third kappa shape index (κ3) is 3.59. The Bertz CT molecular complexity index is 477. The number of hydrogen-bond acceptors (Lipinski definition) is 6. The standard InChI is InChI=1S/C12H14O7/c1-12(5-13,11(17)18)6-19-10(16)7-2-8(14)4-9(15)3-7/h2-4,13-15H,5-6H2,1H3,(H,17,18). The van der Waals surface area contributed by atoms with Crippen LogP contribution in [0.1, 0.15) is 17.3 Å². The number of carboxylic acids is 1. The highest BCUT2D eigenvalue weighted by Crippen LogP contribution is 2.22. The zero-order chi connectivity index (χ0) is 14.6. The summed E-state index contributed by atoms with van der Waals surface area (Å²) in [6.07, 6.45) is 0. The van der Waals surface area contributed by atoms with Crippen molar-refractivity contribution in [2.75, 3.05) is 13.2 Å². The van der Waals surface area contributed by atoms with Gasteiger partial charge in [0.05, 0.1) is 12.2 Å². The number of aliphatic hydroxyl groups excluding tert-OH is 1. The summed E-state index contributed by atoms with van der Waals surface area (Å²) in [4.78, 5) is 22.5. The first-order valence-electron chi connectivity index (χ1n) is 5.33. The molecule has 1 atom stereocenters. The van der Waals surface area contributed by atoms with Crippen molar-refractivity contribution in [2.24, 2.45) is 5.41 Å². The van der Waals surface area contributed by atoms with E-state index in [0.29, 0.717) is 0 Å². The third-order valence-corrected chi connectivity index (χ3v) is 2.53. The summed E-state index contributed by atoms with van der Waals surface area (Å²) in [5.74, 6) is -2.86. The lowest BCUT2D eigenvalue weighted by atomic mass is 9.93. The van der Waals surface area contributed by atoms with Crippen LogP contribution in [-0.4, -0.2) is 45.6 Å². The van der Waals surface area contributed by atoms with Gasteiger partial charge in [-0.25, -0.2) is 4.79 Å². The monoisotopic (exact) mass is 270 g/mol. The van der Waals surface area contributed by atoms with Crippen molar-refractivity contribution in [3.63, 3.8) is 0 Å². The van der Waals surface area contributed by atoms with Gasteiger partial charge in [0.15, 0.2) is 0 Å². The van der Waals surface area contributed by atoms with Gasteiger partial charge in [-0.2, -0.15) is 0 Å². The van der Waals surface area contributed by atoms with E-state index >= 15 is 0 Å². The maximum Gasteiger partial charge on any atom is 0.338 e. The predicted molar refractivity (Wildman–Crippen MR) is 62.9 cm³/mol. The molecule has 0 heterocycles. The van der Waals surface area contributed by atoms with Crippen LogP contribution in [0.25, 0.3) is 0 Å². The Morgan fingerprint density at radius 3 is 2.16 bits per heavy atom. The lowest BCUT2D eigenvalue weighted by Gasteiger charge is -2.21. The Kier molecular flexibility index (Phi) is 4.34. The lowest BCUT2D eigenvalue weighted by molar-refractivity contribution is -0.153. The number of carbonyl (C=O) groups is 2.